The Morgan fingerprint density at radius 1 is 1.22 bits per heavy atom. The predicted molar refractivity (Wildman–Crippen MR) is 69.3 cm³/mol. The van der Waals surface area contributed by atoms with Gasteiger partial charge >= 0.3 is 5.97 Å². The van der Waals surface area contributed by atoms with Crippen molar-refractivity contribution >= 4 is 5.97 Å². The molecule has 2 aliphatic heterocycles. The van der Waals surface area contributed by atoms with Gasteiger partial charge in [-0.25, -0.2) is 0 Å². The summed E-state index contributed by atoms with van der Waals surface area (Å²) in [5.41, 5.74) is 0. The Morgan fingerprint density at radius 3 is 2.78 bits per heavy atom. The zero-order valence-corrected chi connectivity index (χ0v) is 11.2. The number of esters is 1. The maximum absolute atomic E-state index is 11.8. The molecule has 0 spiro atoms. The zero-order chi connectivity index (χ0) is 12.5. The van der Waals surface area contributed by atoms with Gasteiger partial charge in [-0.1, -0.05) is 6.42 Å². The first kappa shape index (κ1) is 12.4. The molecule has 0 bridgehead atoms. The minimum absolute atomic E-state index is 0.0538. The number of fused-ring (bicyclic) bond motifs is 1. The van der Waals surface area contributed by atoms with Gasteiger partial charge in [-0.3, -0.25) is 15.0 Å². The molecular weight excluding hydrogens is 228 g/mol. The van der Waals surface area contributed by atoms with Crippen LogP contribution in [0.15, 0.2) is 0 Å². The summed E-state index contributed by atoms with van der Waals surface area (Å²) in [5.74, 6) is 0.460. The number of ether oxygens (including phenoxy) is 1. The normalized spacial score (nSPS) is 34.1. The van der Waals surface area contributed by atoms with E-state index < -0.39 is 0 Å². The number of nitrogens with one attached hydrogen (secondary N) is 1. The summed E-state index contributed by atoms with van der Waals surface area (Å²) in [7, 11) is 1.50. The number of hydrogen-bond acceptors (Lipinski definition) is 4. The van der Waals surface area contributed by atoms with E-state index in [1.807, 2.05) is 0 Å². The van der Waals surface area contributed by atoms with Crippen molar-refractivity contribution in [2.45, 2.75) is 56.7 Å². The standard InChI is InChI=1S/C14H24N2O2/c1-18-14(17)13(10-5-6-10)15-11-7-9-16-8-3-2-4-12(11)16/h10-13,15H,2-9H2,1H3. The summed E-state index contributed by atoms with van der Waals surface area (Å²) in [5, 5.41) is 3.61. The molecule has 1 aliphatic carbocycles. The third-order valence-corrected chi connectivity index (χ3v) is 4.80. The lowest BCUT2D eigenvalue weighted by molar-refractivity contribution is -0.144. The molecule has 18 heavy (non-hydrogen) atoms. The fraction of sp³-hybridized carbons (Fsp3) is 0.929. The van der Waals surface area contributed by atoms with Gasteiger partial charge in [-0.05, 0) is 44.6 Å². The minimum atomic E-state index is -0.0632. The molecule has 0 aromatic rings. The van der Waals surface area contributed by atoms with E-state index in [-0.39, 0.29) is 12.0 Å². The molecule has 2 heterocycles. The molecule has 4 heteroatoms. The molecule has 0 aromatic heterocycles. The Kier molecular flexibility index (Phi) is 3.57. The number of carbonyl (C=O) groups is 1. The molecular formula is C14H24N2O2. The van der Waals surface area contributed by atoms with E-state index in [1.165, 1.54) is 58.7 Å². The highest BCUT2D eigenvalue weighted by Gasteiger charge is 2.42. The van der Waals surface area contributed by atoms with Crippen molar-refractivity contribution in [3.8, 4) is 0 Å². The Morgan fingerprint density at radius 2 is 2.06 bits per heavy atom. The number of nitrogens with zero attached hydrogens (tertiary/aromatic N) is 1. The maximum atomic E-state index is 11.8. The Bertz CT molecular complexity index is 317. The van der Waals surface area contributed by atoms with E-state index in [0.29, 0.717) is 18.0 Å². The Hall–Kier alpha value is -0.610. The number of hydrogen-bond donors (Lipinski definition) is 1. The van der Waals surface area contributed by atoms with Crippen LogP contribution in [-0.4, -0.2) is 49.2 Å². The number of methoxy groups -OCH3 is 1. The highest BCUT2D eigenvalue weighted by Crippen LogP contribution is 2.35. The fourth-order valence-corrected chi connectivity index (χ4v) is 3.63. The molecule has 1 saturated carbocycles. The summed E-state index contributed by atoms with van der Waals surface area (Å²) in [6.07, 6.45) is 7.50. The number of piperidine rings is 1. The molecule has 0 radical (unpaired) electrons. The molecule has 0 aromatic carbocycles. The van der Waals surface area contributed by atoms with E-state index in [0.717, 1.165) is 0 Å². The Labute approximate surface area is 109 Å². The van der Waals surface area contributed by atoms with Gasteiger partial charge in [0.25, 0.3) is 0 Å². The Balaban J connectivity index is 1.62. The third kappa shape index (κ3) is 2.41. The van der Waals surface area contributed by atoms with Crippen LogP contribution in [0.1, 0.15) is 38.5 Å². The first-order valence-electron chi connectivity index (χ1n) is 7.37. The van der Waals surface area contributed by atoms with Crippen molar-refractivity contribution in [2.75, 3.05) is 20.2 Å². The van der Waals surface area contributed by atoms with Crippen LogP contribution >= 0.6 is 0 Å². The average molecular weight is 252 g/mol. The molecule has 2 saturated heterocycles. The molecule has 1 N–H and O–H groups in total. The lowest BCUT2D eigenvalue weighted by Gasteiger charge is -2.34. The molecule has 0 amide bonds. The van der Waals surface area contributed by atoms with Crippen molar-refractivity contribution < 1.29 is 9.53 Å². The molecule has 102 valence electrons. The first-order valence-corrected chi connectivity index (χ1v) is 7.37. The van der Waals surface area contributed by atoms with Crippen molar-refractivity contribution in [3.05, 3.63) is 0 Å². The summed E-state index contributed by atoms with van der Waals surface area (Å²) in [6, 6.07) is 1.10. The van der Waals surface area contributed by atoms with Gasteiger partial charge in [0.05, 0.1) is 7.11 Å². The van der Waals surface area contributed by atoms with E-state index >= 15 is 0 Å². The van der Waals surface area contributed by atoms with E-state index in [4.69, 9.17) is 4.74 Å². The first-order chi connectivity index (χ1) is 8.79. The highest BCUT2D eigenvalue weighted by molar-refractivity contribution is 5.76. The van der Waals surface area contributed by atoms with Gasteiger partial charge in [0, 0.05) is 18.6 Å². The summed E-state index contributed by atoms with van der Waals surface area (Å²) < 4.78 is 4.94. The van der Waals surface area contributed by atoms with Crippen LogP contribution in [-0.2, 0) is 9.53 Å². The van der Waals surface area contributed by atoms with Gasteiger partial charge in [0.15, 0.2) is 0 Å². The van der Waals surface area contributed by atoms with Crippen LogP contribution < -0.4 is 5.32 Å². The van der Waals surface area contributed by atoms with Gasteiger partial charge in [0.2, 0.25) is 0 Å². The van der Waals surface area contributed by atoms with Crippen molar-refractivity contribution in [1.29, 1.82) is 0 Å². The molecule has 3 fully saturated rings. The summed E-state index contributed by atoms with van der Waals surface area (Å²) in [6.45, 7) is 2.44. The molecule has 3 unspecified atom stereocenters. The van der Waals surface area contributed by atoms with Gasteiger partial charge in [0.1, 0.15) is 6.04 Å². The van der Waals surface area contributed by atoms with Crippen molar-refractivity contribution in [3.63, 3.8) is 0 Å². The highest BCUT2D eigenvalue weighted by atomic mass is 16.5. The molecule has 4 nitrogen and oxygen atoms in total. The van der Waals surface area contributed by atoms with Crippen LogP contribution in [0.5, 0.6) is 0 Å². The van der Waals surface area contributed by atoms with Gasteiger partial charge in [-0.2, -0.15) is 0 Å². The second-order valence-electron chi connectivity index (χ2n) is 6.00. The topological polar surface area (TPSA) is 41.6 Å². The minimum Gasteiger partial charge on any atom is -0.468 e. The largest absolute Gasteiger partial charge is 0.468 e. The molecule has 3 atom stereocenters. The van der Waals surface area contributed by atoms with Gasteiger partial charge < -0.3 is 4.74 Å². The van der Waals surface area contributed by atoms with Crippen LogP contribution in [0.25, 0.3) is 0 Å². The third-order valence-electron chi connectivity index (χ3n) is 4.80. The summed E-state index contributed by atoms with van der Waals surface area (Å²) >= 11 is 0. The maximum Gasteiger partial charge on any atom is 0.323 e. The smallest absolute Gasteiger partial charge is 0.323 e. The average Bonchev–Trinajstić information content (AvgIpc) is 3.17. The van der Waals surface area contributed by atoms with Crippen molar-refractivity contribution in [2.24, 2.45) is 5.92 Å². The van der Waals surface area contributed by atoms with E-state index in [9.17, 15) is 4.79 Å². The number of carbonyl (C=O) groups excluding carboxylic acids is 1. The SMILES string of the molecule is COC(=O)C(NC1CCN2CCCCC12)C1CC1. The second-order valence-corrected chi connectivity index (χ2v) is 6.00. The zero-order valence-electron chi connectivity index (χ0n) is 11.2. The van der Waals surface area contributed by atoms with Gasteiger partial charge in [-0.15, -0.1) is 0 Å². The predicted octanol–water partition coefficient (Wildman–Crippen LogP) is 1.15. The lowest BCUT2D eigenvalue weighted by atomic mass is 9.98. The van der Waals surface area contributed by atoms with Crippen LogP contribution in [0.4, 0.5) is 0 Å². The van der Waals surface area contributed by atoms with Crippen LogP contribution in [0.3, 0.4) is 0 Å². The van der Waals surface area contributed by atoms with Crippen LogP contribution in [0.2, 0.25) is 0 Å². The monoisotopic (exact) mass is 252 g/mol. The fourth-order valence-electron chi connectivity index (χ4n) is 3.63. The van der Waals surface area contributed by atoms with Crippen molar-refractivity contribution in [1.82, 2.24) is 10.2 Å². The quantitative estimate of drug-likeness (QED) is 0.762. The van der Waals surface area contributed by atoms with E-state index in [1.54, 1.807) is 0 Å². The lowest BCUT2D eigenvalue weighted by Crippen LogP contribution is -2.51. The second kappa shape index (κ2) is 5.17. The van der Waals surface area contributed by atoms with Crippen LogP contribution in [0, 0.1) is 5.92 Å². The number of rotatable bonds is 4. The molecule has 3 aliphatic rings. The van der Waals surface area contributed by atoms with E-state index in [2.05, 4.69) is 10.2 Å². The summed E-state index contributed by atoms with van der Waals surface area (Å²) in [4.78, 5) is 14.4. The molecule has 3 rings (SSSR count).